The normalized spacial score (nSPS) is 10.2. The van der Waals surface area contributed by atoms with Crippen molar-refractivity contribution in [2.24, 2.45) is 0 Å². The lowest BCUT2D eigenvalue weighted by Gasteiger charge is -2.23. The number of ether oxygens (including phenoxy) is 2. The van der Waals surface area contributed by atoms with E-state index < -0.39 is 5.97 Å². The first kappa shape index (κ1) is 18.3. The van der Waals surface area contributed by atoms with Crippen LogP contribution in [0, 0.1) is 0 Å². The topological polar surface area (TPSA) is 76.1 Å². The van der Waals surface area contributed by atoms with Gasteiger partial charge >= 0.3 is 5.97 Å². The minimum atomic E-state index is -0.946. The molecule has 6 nitrogen and oxygen atoms in total. The van der Waals surface area contributed by atoms with Crippen LogP contribution in [0.4, 0.5) is 0 Å². The van der Waals surface area contributed by atoms with Crippen LogP contribution in [0.5, 0.6) is 11.5 Å². The maximum absolute atomic E-state index is 12.9. The summed E-state index contributed by atoms with van der Waals surface area (Å²) in [6.45, 7) is 0.457. The van der Waals surface area contributed by atoms with Crippen molar-refractivity contribution in [2.75, 3.05) is 20.8 Å². The number of aliphatic carboxylic acids is 1. The summed E-state index contributed by atoms with van der Waals surface area (Å²) < 4.78 is 10.4. The molecule has 25 heavy (non-hydrogen) atoms. The lowest BCUT2D eigenvalue weighted by atomic mass is 10.1. The lowest BCUT2D eigenvalue weighted by Crippen LogP contribution is -2.32. The van der Waals surface area contributed by atoms with Crippen molar-refractivity contribution >= 4 is 11.9 Å². The fraction of sp³-hybridized carbons (Fsp3) is 0.263. The standard InChI is InChI=1S/C19H21NO5/c1-24-16-9-8-15(12-17(16)25-2)19(23)20(11-10-18(21)22)13-14-6-4-3-5-7-14/h3-9,12H,10-11,13H2,1-2H3,(H,21,22). The summed E-state index contributed by atoms with van der Waals surface area (Å²) in [4.78, 5) is 25.3. The highest BCUT2D eigenvalue weighted by molar-refractivity contribution is 5.95. The number of carboxylic acids is 1. The van der Waals surface area contributed by atoms with Gasteiger partial charge in [-0.25, -0.2) is 0 Å². The summed E-state index contributed by atoms with van der Waals surface area (Å²) in [6.07, 6.45) is -0.119. The zero-order valence-corrected chi connectivity index (χ0v) is 14.3. The number of methoxy groups -OCH3 is 2. The van der Waals surface area contributed by atoms with Crippen molar-refractivity contribution in [3.8, 4) is 11.5 Å². The zero-order valence-electron chi connectivity index (χ0n) is 14.3. The number of nitrogens with zero attached hydrogens (tertiary/aromatic N) is 1. The summed E-state index contributed by atoms with van der Waals surface area (Å²) in [5.74, 6) is -0.227. The molecule has 0 aliphatic heterocycles. The van der Waals surface area contributed by atoms with E-state index in [0.29, 0.717) is 23.6 Å². The van der Waals surface area contributed by atoms with Gasteiger partial charge in [0.15, 0.2) is 11.5 Å². The highest BCUT2D eigenvalue weighted by Gasteiger charge is 2.19. The average molecular weight is 343 g/mol. The first-order valence-electron chi connectivity index (χ1n) is 7.82. The molecule has 1 N–H and O–H groups in total. The third-order valence-electron chi connectivity index (χ3n) is 3.73. The van der Waals surface area contributed by atoms with Crippen molar-refractivity contribution in [1.29, 1.82) is 0 Å². The second-order valence-electron chi connectivity index (χ2n) is 5.43. The van der Waals surface area contributed by atoms with Gasteiger partial charge in [0.1, 0.15) is 0 Å². The molecule has 0 atom stereocenters. The number of carboxylic acid groups (broad SMARTS) is 1. The van der Waals surface area contributed by atoms with E-state index in [1.54, 1.807) is 18.2 Å². The van der Waals surface area contributed by atoms with Crippen LogP contribution in [0.3, 0.4) is 0 Å². The Kier molecular flexibility index (Phi) is 6.39. The Labute approximate surface area is 146 Å². The van der Waals surface area contributed by atoms with E-state index in [-0.39, 0.29) is 18.9 Å². The molecular weight excluding hydrogens is 322 g/mol. The number of rotatable bonds is 8. The summed E-state index contributed by atoms with van der Waals surface area (Å²) >= 11 is 0. The summed E-state index contributed by atoms with van der Waals surface area (Å²) in [5.41, 5.74) is 1.35. The Balaban J connectivity index is 2.25. The van der Waals surface area contributed by atoms with Crippen molar-refractivity contribution in [2.45, 2.75) is 13.0 Å². The van der Waals surface area contributed by atoms with Gasteiger partial charge in [-0.3, -0.25) is 9.59 Å². The molecule has 0 saturated carbocycles. The van der Waals surface area contributed by atoms with Crippen LogP contribution >= 0.6 is 0 Å². The van der Waals surface area contributed by atoms with Crippen LogP contribution in [-0.2, 0) is 11.3 Å². The van der Waals surface area contributed by atoms with E-state index in [9.17, 15) is 9.59 Å². The highest BCUT2D eigenvalue weighted by Crippen LogP contribution is 2.28. The molecule has 2 rings (SSSR count). The number of carbonyl (C=O) groups is 2. The molecule has 2 aromatic carbocycles. The molecule has 0 spiro atoms. The van der Waals surface area contributed by atoms with Gasteiger partial charge in [-0.1, -0.05) is 30.3 Å². The molecule has 6 heteroatoms. The Morgan fingerprint density at radius 1 is 1.00 bits per heavy atom. The van der Waals surface area contributed by atoms with Crippen LogP contribution in [0.25, 0.3) is 0 Å². The molecule has 0 aliphatic rings. The van der Waals surface area contributed by atoms with Crippen LogP contribution < -0.4 is 9.47 Å². The van der Waals surface area contributed by atoms with Crippen LogP contribution in [0.15, 0.2) is 48.5 Å². The monoisotopic (exact) mass is 343 g/mol. The lowest BCUT2D eigenvalue weighted by molar-refractivity contribution is -0.137. The van der Waals surface area contributed by atoms with Gasteiger partial charge in [-0.2, -0.15) is 0 Å². The smallest absolute Gasteiger partial charge is 0.305 e. The van der Waals surface area contributed by atoms with Crippen LogP contribution in [0.2, 0.25) is 0 Å². The number of benzene rings is 2. The largest absolute Gasteiger partial charge is 0.493 e. The van der Waals surface area contributed by atoms with Gasteiger partial charge in [0.2, 0.25) is 0 Å². The van der Waals surface area contributed by atoms with Gasteiger partial charge in [-0.05, 0) is 23.8 Å². The number of hydrogen-bond donors (Lipinski definition) is 1. The molecule has 132 valence electrons. The van der Waals surface area contributed by atoms with Crippen LogP contribution in [0.1, 0.15) is 22.3 Å². The predicted molar refractivity (Wildman–Crippen MR) is 93.0 cm³/mol. The number of amides is 1. The maximum atomic E-state index is 12.9. The third kappa shape index (κ3) is 4.97. The summed E-state index contributed by atoms with van der Waals surface area (Å²) in [6, 6.07) is 14.3. The van der Waals surface area contributed by atoms with E-state index in [2.05, 4.69) is 0 Å². The van der Waals surface area contributed by atoms with Gasteiger partial charge in [0.25, 0.3) is 5.91 Å². The molecule has 0 aliphatic carbocycles. The minimum absolute atomic E-state index is 0.119. The molecule has 2 aromatic rings. The fourth-order valence-electron chi connectivity index (χ4n) is 2.44. The van der Waals surface area contributed by atoms with Gasteiger partial charge in [0, 0.05) is 18.7 Å². The molecule has 0 heterocycles. The quantitative estimate of drug-likeness (QED) is 0.798. The molecule has 0 saturated heterocycles. The molecule has 1 amide bonds. The van der Waals surface area contributed by atoms with Gasteiger partial charge < -0.3 is 19.5 Å². The van der Waals surface area contributed by atoms with Gasteiger partial charge in [0.05, 0.1) is 20.6 Å². The average Bonchev–Trinajstić information content (AvgIpc) is 2.64. The highest BCUT2D eigenvalue weighted by atomic mass is 16.5. The van der Waals surface area contributed by atoms with Crippen molar-refractivity contribution in [3.05, 3.63) is 59.7 Å². The summed E-state index contributed by atoms with van der Waals surface area (Å²) in [7, 11) is 3.02. The SMILES string of the molecule is COc1ccc(C(=O)N(CCC(=O)O)Cc2ccccc2)cc1OC. The fourth-order valence-corrected chi connectivity index (χ4v) is 2.44. The Morgan fingerprint density at radius 2 is 1.68 bits per heavy atom. The van der Waals surface area contributed by atoms with E-state index in [1.807, 2.05) is 30.3 Å². The van der Waals surface area contributed by atoms with Gasteiger partial charge in [-0.15, -0.1) is 0 Å². The van der Waals surface area contributed by atoms with Crippen LogP contribution in [-0.4, -0.2) is 42.6 Å². The maximum Gasteiger partial charge on any atom is 0.305 e. The molecular formula is C19H21NO5. The number of carbonyl (C=O) groups excluding carboxylic acids is 1. The summed E-state index contributed by atoms with van der Waals surface area (Å²) in [5, 5.41) is 8.96. The predicted octanol–water partition coefficient (Wildman–Crippen LogP) is 2.82. The molecule has 0 unspecified atom stereocenters. The molecule has 0 radical (unpaired) electrons. The van der Waals surface area contributed by atoms with E-state index in [4.69, 9.17) is 14.6 Å². The van der Waals surface area contributed by atoms with Crippen molar-refractivity contribution in [1.82, 2.24) is 4.90 Å². The molecule has 0 aromatic heterocycles. The van der Waals surface area contributed by atoms with E-state index >= 15 is 0 Å². The first-order chi connectivity index (χ1) is 12.0. The second-order valence-corrected chi connectivity index (χ2v) is 5.43. The zero-order chi connectivity index (χ0) is 18.2. The Morgan fingerprint density at radius 3 is 2.28 bits per heavy atom. The van der Waals surface area contributed by atoms with E-state index in [0.717, 1.165) is 5.56 Å². The minimum Gasteiger partial charge on any atom is -0.493 e. The van der Waals surface area contributed by atoms with E-state index in [1.165, 1.54) is 19.1 Å². The molecule has 0 bridgehead atoms. The molecule has 0 fully saturated rings. The Bertz CT molecular complexity index is 730. The second kappa shape index (κ2) is 8.73. The first-order valence-corrected chi connectivity index (χ1v) is 7.82. The third-order valence-corrected chi connectivity index (χ3v) is 3.73. The Hall–Kier alpha value is -3.02. The number of hydrogen-bond acceptors (Lipinski definition) is 4. The van der Waals surface area contributed by atoms with Crippen molar-refractivity contribution < 1.29 is 24.2 Å². The van der Waals surface area contributed by atoms with Crippen molar-refractivity contribution in [3.63, 3.8) is 0 Å².